The third kappa shape index (κ3) is 1.69. The van der Waals surface area contributed by atoms with Crippen molar-refractivity contribution in [3.8, 4) is 11.3 Å². The summed E-state index contributed by atoms with van der Waals surface area (Å²) in [6.45, 7) is 1.94. The number of nitrogens with zero attached hydrogens (tertiary/aromatic N) is 4. The van der Waals surface area contributed by atoms with Crippen LogP contribution in [0.5, 0.6) is 0 Å². The normalized spacial score (nSPS) is 11.2. The lowest BCUT2D eigenvalue weighted by Gasteiger charge is -2.03. The van der Waals surface area contributed by atoms with Gasteiger partial charge in [0.2, 0.25) is 0 Å². The van der Waals surface area contributed by atoms with Gasteiger partial charge in [0, 0.05) is 19.7 Å². The maximum absolute atomic E-state index is 11.0. The molecule has 0 bridgehead atoms. The van der Waals surface area contributed by atoms with Gasteiger partial charge in [0.05, 0.1) is 16.7 Å². The van der Waals surface area contributed by atoms with E-state index in [2.05, 4.69) is 10.1 Å². The smallest absolute Gasteiger partial charge is 0.356 e. The van der Waals surface area contributed by atoms with Crippen molar-refractivity contribution in [3.63, 3.8) is 0 Å². The minimum absolute atomic E-state index is 0.0344. The van der Waals surface area contributed by atoms with Gasteiger partial charge < -0.3 is 9.67 Å². The molecule has 0 amide bonds. The van der Waals surface area contributed by atoms with Gasteiger partial charge in [0.25, 0.3) is 0 Å². The fraction of sp³-hybridized carbons (Fsp3) is 0.214. The summed E-state index contributed by atoms with van der Waals surface area (Å²) in [6, 6.07) is 7.43. The highest BCUT2D eigenvalue weighted by molar-refractivity contribution is 5.93. The molecule has 2 heterocycles. The number of imidazole rings is 1. The first-order valence-corrected chi connectivity index (χ1v) is 6.19. The molecule has 0 aliphatic rings. The predicted octanol–water partition coefficient (Wildman–Crippen LogP) is 1.98. The fourth-order valence-electron chi connectivity index (χ4n) is 2.36. The quantitative estimate of drug-likeness (QED) is 0.772. The van der Waals surface area contributed by atoms with Crippen molar-refractivity contribution >= 4 is 17.0 Å². The number of carbonyl (C=O) groups is 1. The molecular formula is C14H14N4O2. The second kappa shape index (κ2) is 4.19. The highest BCUT2D eigenvalue weighted by atomic mass is 16.4. The Balaban J connectivity index is 2.29. The monoisotopic (exact) mass is 270 g/mol. The molecule has 0 saturated heterocycles. The Kier molecular flexibility index (Phi) is 2.60. The number of rotatable bonds is 2. The molecule has 3 aromatic rings. The molecule has 6 heteroatoms. The van der Waals surface area contributed by atoms with E-state index in [0.29, 0.717) is 0 Å². The lowest BCUT2D eigenvalue weighted by Crippen LogP contribution is -1.99. The van der Waals surface area contributed by atoms with E-state index in [1.54, 1.807) is 17.8 Å². The summed E-state index contributed by atoms with van der Waals surface area (Å²) in [5, 5.41) is 13.0. The van der Waals surface area contributed by atoms with Gasteiger partial charge in [-0.2, -0.15) is 5.10 Å². The second-order valence-electron chi connectivity index (χ2n) is 4.73. The van der Waals surface area contributed by atoms with Gasteiger partial charge in [-0.3, -0.25) is 4.68 Å². The summed E-state index contributed by atoms with van der Waals surface area (Å²) in [4.78, 5) is 15.6. The molecule has 20 heavy (non-hydrogen) atoms. The zero-order valence-electron chi connectivity index (χ0n) is 11.5. The Hall–Kier alpha value is -2.63. The van der Waals surface area contributed by atoms with Crippen molar-refractivity contribution in [2.45, 2.75) is 6.92 Å². The largest absolute Gasteiger partial charge is 0.476 e. The highest BCUT2D eigenvalue weighted by Gasteiger charge is 2.16. The molecule has 1 N–H and O–H groups in total. The van der Waals surface area contributed by atoms with Crippen LogP contribution >= 0.6 is 0 Å². The van der Waals surface area contributed by atoms with Crippen LogP contribution in [0.25, 0.3) is 22.3 Å². The van der Waals surface area contributed by atoms with Crippen LogP contribution in [-0.2, 0) is 14.1 Å². The molecule has 102 valence electrons. The van der Waals surface area contributed by atoms with E-state index in [4.69, 9.17) is 5.11 Å². The molecule has 0 atom stereocenters. The van der Waals surface area contributed by atoms with Gasteiger partial charge >= 0.3 is 5.97 Å². The van der Waals surface area contributed by atoms with Gasteiger partial charge in [-0.15, -0.1) is 0 Å². The Labute approximate surface area is 115 Å². The molecular weight excluding hydrogens is 256 g/mol. The molecule has 0 unspecified atom stereocenters. The van der Waals surface area contributed by atoms with Crippen molar-refractivity contribution in [2.75, 3.05) is 0 Å². The molecule has 0 aliphatic carbocycles. The molecule has 0 aliphatic heterocycles. The standard InChI is InChI=1S/C14H14N4O2/c1-8-15-13-9(5-4-6-11(13)17(8)2)12-7-10(14(19)20)16-18(12)3/h4-7H,1-3H3,(H,19,20). The number of fused-ring (bicyclic) bond motifs is 1. The lowest BCUT2D eigenvalue weighted by molar-refractivity contribution is 0.0689. The van der Waals surface area contributed by atoms with E-state index in [9.17, 15) is 4.79 Å². The molecule has 6 nitrogen and oxygen atoms in total. The van der Waals surface area contributed by atoms with Crippen molar-refractivity contribution in [1.82, 2.24) is 19.3 Å². The van der Waals surface area contributed by atoms with E-state index < -0.39 is 5.97 Å². The maximum atomic E-state index is 11.0. The van der Waals surface area contributed by atoms with Crippen LogP contribution in [0, 0.1) is 6.92 Å². The van der Waals surface area contributed by atoms with Crippen LogP contribution in [0.2, 0.25) is 0 Å². The van der Waals surface area contributed by atoms with Crippen LogP contribution in [0.3, 0.4) is 0 Å². The topological polar surface area (TPSA) is 72.9 Å². The van der Waals surface area contributed by atoms with Gasteiger partial charge in [0.1, 0.15) is 5.82 Å². The first kappa shape index (κ1) is 12.4. The summed E-state index contributed by atoms with van der Waals surface area (Å²) in [7, 11) is 3.69. The number of aryl methyl sites for hydroxylation is 3. The molecule has 0 fully saturated rings. The number of carboxylic acids is 1. The van der Waals surface area contributed by atoms with Gasteiger partial charge in [-0.05, 0) is 19.1 Å². The van der Waals surface area contributed by atoms with Crippen LogP contribution < -0.4 is 0 Å². The Morgan fingerprint density at radius 1 is 1.30 bits per heavy atom. The van der Waals surface area contributed by atoms with Crippen molar-refractivity contribution < 1.29 is 9.90 Å². The number of hydrogen-bond acceptors (Lipinski definition) is 3. The van der Waals surface area contributed by atoms with Crippen LogP contribution in [0.15, 0.2) is 24.3 Å². The molecule has 0 spiro atoms. The summed E-state index contributed by atoms with van der Waals surface area (Å²) in [5.74, 6) is -0.121. The number of para-hydroxylation sites is 1. The average Bonchev–Trinajstić information content (AvgIpc) is 2.92. The molecule has 2 aromatic heterocycles. The van der Waals surface area contributed by atoms with Crippen molar-refractivity contribution in [3.05, 3.63) is 35.8 Å². The van der Waals surface area contributed by atoms with Crippen molar-refractivity contribution in [2.24, 2.45) is 14.1 Å². The number of aromatic nitrogens is 4. The third-order valence-electron chi connectivity index (χ3n) is 3.51. The summed E-state index contributed by atoms with van der Waals surface area (Å²) < 4.78 is 3.58. The zero-order valence-corrected chi connectivity index (χ0v) is 11.5. The summed E-state index contributed by atoms with van der Waals surface area (Å²) >= 11 is 0. The predicted molar refractivity (Wildman–Crippen MR) is 74.6 cm³/mol. The van der Waals surface area contributed by atoms with E-state index in [1.165, 1.54) is 0 Å². The average molecular weight is 270 g/mol. The van der Waals surface area contributed by atoms with Crippen LogP contribution in [0.1, 0.15) is 16.3 Å². The minimum atomic E-state index is -1.03. The first-order valence-electron chi connectivity index (χ1n) is 6.19. The molecule has 1 aromatic carbocycles. The Morgan fingerprint density at radius 3 is 2.70 bits per heavy atom. The van der Waals surface area contributed by atoms with Crippen molar-refractivity contribution in [1.29, 1.82) is 0 Å². The SMILES string of the molecule is Cc1nc2c(-c3cc(C(=O)O)nn3C)cccc2n1C. The molecule has 3 rings (SSSR count). The third-order valence-corrected chi connectivity index (χ3v) is 3.51. The van der Waals surface area contributed by atoms with Crippen LogP contribution in [-0.4, -0.2) is 30.4 Å². The Bertz CT molecular complexity index is 829. The minimum Gasteiger partial charge on any atom is -0.476 e. The van der Waals surface area contributed by atoms with Crippen LogP contribution in [0.4, 0.5) is 0 Å². The Morgan fingerprint density at radius 2 is 2.05 bits per heavy atom. The van der Waals surface area contributed by atoms with Gasteiger partial charge in [-0.25, -0.2) is 9.78 Å². The summed E-state index contributed by atoms with van der Waals surface area (Å²) in [5.41, 5.74) is 3.53. The number of aromatic carboxylic acids is 1. The summed E-state index contributed by atoms with van der Waals surface area (Å²) in [6.07, 6.45) is 0. The lowest BCUT2D eigenvalue weighted by atomic mass is 10.1. The second-order valence-corrected chi connectivity index (χ2v) is 4.73. The van der Waals surface area contributed by atoms with Gasteiger partial charge in [0.15, 0.2) is 5.69 Å². The highest BCUT2D eigenvalue weighted by Crippen LogP contribution is 2.28. The number of benzene rings is 1. The molecule has 0 radical (unpaired) electrons. The number of carboxylic acid groups (broad SMARTS) is 1. The fourth-order valence-corrected chi connectivity index (χ4v) is 2.36. The zero-order chi connectivity index (χ0) is 14.4. The number of hydrogen-bond donors (Lipinski definition) is 1. The van der Waals surface area contributed by atoms with E-state index in [0.717, 1.165) is 28.1 Å². The van der Waals surface area contributed by atoms with E-state index in [-0.39, 0.29) is 5.69 Å². The first-order chi connectivity index (χ1) is 9.49. The molecule has 0 saturated carbocycles. The van der Waals surface area contributed by atoms with Gasteiger partial charge in [-0.1, -0.05) is 12.1 Å². The van der Waals surface area contributed by atoms with E-state index >= 15 is 0 Å². The van der Waals surface area contributed by atoms with E-state index in [1.807, 2.05) is 36.7 Å². The maximum Gasteiger partial charge on any atom is 0.356 e.